The van der Waals surface area contributed by atoms with Gasteiger partial charge in [-0.3, -0.25) is 6.42 Å². The van der Waals surface area contributed by atoms with Crippen LogP contribution in [0, 0.1) is 6.42 Å². The molecular formula is C5H7O2Y-. The fourth-order valence-electron chi connectivity index (χ4n) is 0.286. The maximum Gasteiger partial charge on any atom is 0.00219 e. The monoisotopic (exact) mass is 188 g/mol. The summed E-state index contributed by atoms with van der Waals surface area (Å²) in [6.07, 6.45) is 1.06. The van der Waals surface area contributed by atoms with E-state index in [0.717, 1.165) is 6.42 Å². The van der Waals surface area contributed by atoms with Crippen molar-refractivity contribution in [3.8, 4) is 0 Å². The van der Waals surface area contributed by atoms with Gasteiger partial charge >= 0.3 is 0 Å². The SMILES string of the molecule is CC(=O)[CH-]C(C)=O.[Y]. The molecule has 1 radical (unpaired) electrons. The van der Waals surface area contributed by atoms with Gasteiger partial charge in [0.05, 0.1) is 0 Å². The second kappa shape index (κ2) is 5.45. The summed E-state index contributed by atoms with van der Waals surface area (Å²) in [5.41, 5.74) is 0. The third-order valence-corrected chi connectivity index (χ3v) is 0.407. The zero-order chi connectivity index (χ0) is 5.86. The standard InChI is InChI=1S/C5H7O2.Y/c1-4(6)3-5(2)7;/h3H,1-2H3;/q-1;. The number of hydrogen-bond acceptors (Lipinski definition) is 2. The van der Waals surface area contributed by atoms with E-state index in [-0.39, 0.29) is 44.3 Å². The van der Waals surface area contributed by atoms with Crippen LogP contribution < -0.4 is 0 Å². The second-order valence-corrected chi connectivity index (χ2v) is 1.37. The summed E-state index contributed by atoms with van der Waals surface area (Å²) in [5, 5.41) is 0. The van der Waals surface area contributed by atoms with E-state index in [0.29, 0.717) is 0 Å². The van der Waals surface area contributed by atoms with E-state index in [2.05, 4.69) is 0 Å². The molecule has 0 aliphatic carbocycles. The minimum Gasteiger partial charge on any atom is -0.334 e. The van der Waals surface area contributed by atoms with Gasteiger partial charge in [-0.05, 0) is 13.8 Å². The van der Waals surface area contributed by atoms with Crippen LogP contribution in [-0.4, -0.2) is 11.6 Å². The van der Waals surface area contributed by atoms with Crippen LogP contribution in [0.4, 0.5) is 0 Å². The largest absolute Gasteiger partial charge is 0.334 e. The molecule has 0 aromatic heterocycles. The summed E-state index contributed by atoms with van der Waals surface area (Å²) in [4.78, 5) is 20.0. The average Bonchev–Trinajstić information content (AvgIpc) is 1.27. The minimum absolute atomic E-state index is 0. The fourth-order valence-corrected chi connectivity index (χ4v) is 0.286. The Bertz CT molecular complexity index is 86.6. The third-order valence-electron chi connectivity index (χ3n) is 0.407. The van der Waals surface area contributed by atoms with Crippen LogP contribution >= 0.6 is 0 Å². The normalized spacial score (nSPS) is 6.75. The van der Waals surface area contributed by atoms with Crippen molar-refractivity contribution in [1.82, 2.24) is 0 Å². The van der Waals surface area contributed by atoms with Gasteiger partial charge in [-0.1, -0.05) is 0 Å². The van der Waals surface area contributed by atoms with Gasteiger partial charge in [-0.25, -0.2) is 0 Å². The number of ketones is 2. The molecule has 0 amide bonds. The Balaban J connectivity index is 0. The van der Waals surface area contributed by atoms with E-state index in [1.807, 2.05) is 0 Å². The van der Waals surface area contributed by atoms with E-state index in [4.69, 9.17) is 0 Å². The Kier molecular flexibility index (Phi) is 7.60. The second-order valence-electron chi connectivity index (χ2n) is 1.37. The van der Waals surface area contributed by atoms with Crippen molar-refractivity contribution < 1.29 is 42.3 Å². The van der Waals surface area contributed by atoms with Crippen molar-refractivity contribution in [2.45, 2.75) is 13.8 Å². The van der Waals surface area contributed by atoms with Gasteiger partial charge in [-0.2, -0.15) is 0 Å². The number of rotatable bonds is 2. The van der Waals surface area contributed by atoms with Crippen LogP contribution in [0.25, 0.3) is 0 Å². The summed E-state index contributed by atoms with van der Waals surface area (Å²) < 4.78 is 0. The molecule has 0 bridgehead atoms. The zero-order valence-electron chi connectivity index (χ0n) is 4.97. The maximum absolute atomic E-state index is 9.98. The molecule has 0 atom stereocenters. The summed E-state index contributed by atoms with van der Waals surface area (Å²) in [5.74, 6) is -0.375. The topological polar surface area (TPSA) is 34.1 Å². The molecule has 0 fully saturated rings. The molecule has 0 N–H and O–H groups in total. The molecule has 43 valence electrons. The van der Waals surface area contributed by atoms with E-state index < -0.39 is 0 Å². The molecular weight excluding hydrogens is 181 g/mol. The first-order valence-electron chi connectivity index (χ1n) is 1.99. The summed E-state index contributed by atoms with van der Waals surface area (Å²) in [7, 11) is 0. The van der Waals surface area contributed by atoms with Crippen LogP contribution in [0.5, 0.6) is 0 Å². The van der Waals surface area contributed by atoms with Gasteiger partial charge < -0.3 is 9.59 Å². The van der Waals surface area contributed by atoms with Gasteiger partial charge in [0, 0.05) is 44.3 Å². The van der Waals surface area contributed by atoms with Crippen LogP contribution in [0.15, 0.2) is 0 Å². The Morgan fingerprint density at radius 2 is 1.38 bits per heavy atom. The maximum atomic E-state index is 9.98. The van der Waals surface area contributed by atoms with Crippen molar-refractivity contribution in [2.75, 3.05) is 0 Å². The molecule has 2 nitrogen and oxygen atoms in total. The molecule has 0 spiro atoms. The molecule has 0 unspecified atom stereocenters. The van der Waals surface area contributed by atoms with Crippen molar-refractivity contribution in [3.63, 3.8) is 0 Å². The van der Waals surface area contributed by atoms with Crippen molar-refractivity contribution >= 4 is 11.6 Å². The number of hydrogen-bond donors (Lipinski definition) is 0. The van der Waals surface area contributed by atoms with Gasteiger partial charge in [0.2, 0.25) is 0 Å². The Morgan fingerprint density at radius 1 is 1.12 bits per heavy atom. The first kappa shape index (κ1) is 11.2. The molecule has 0 aromatic rings. The minimum atomic E-state index is -0.187. The Hall–Kier alpha value is 0.314. The van der Waals surface area contributed by atoms with Crippen molar-refractivity contribution in [2.24, 2.45) is 0 Å². The number of carbonyl (C=O) groups is 2. The van der Waals surface area contributed by atoms with Crippen LogP contribution in [0.3, 0.4) is 0 Å². The van der Waals surface area contributed by atoms with Crippen LogP contribution in [0.1, 0.15) is 13.8 Å². The van der Waals surface area contributed by atoms with E-state index >= 15 is 0 Å². The van der Waals surface area contributed by atoms with Gasteiger partial charge in [-0.15, -0.1) is 0 Å². The van der Waals surface area contributed by atoms with E-state index in [1.54, 1.807) is 0 Å². The summed E-state index contributed by atoms with van der Waals surface area (Å²) >= 11 is 0. The van der Waals surface area contributed by atoms with Crippen molar-refractivity contribution in [1.29, 1.82) is 0 Å². The van der Waals surface area contributed by atoms with Gasteiger partial charge in [0.15, 0.2) is 0 Å². The molecule has 0 rings (SSSR count). The molecule has 0 saturated carbocycles. The first-order valence-corrected chi connectivity index (χ1v) is 1.99. The predicted octanol–water partition coefficient (Wildman–Crippen LogP) is 0.366. The first-order chi connectivity index (χ1) is 3.13. The zero-order valence-corrected chi connectivity index (χ0v) is 7.81. The quantitative estimate of drug-likeness (QED) is 0.463. The smallest absolute Gasteiger partial charge is 0.00219 e. The van der Waals surface area contributed by atoms with Crippen molar-refractivity contribution in [3.05, 3.63) is 6.42 Å². The molecule has 3 heteroatoms. The summed E-state index contributed by atoms with van der Waals surface area (Å²) in [6.45, 7) is 2.70. The molecule has 0 aromatic carbocycles. The molecule has 8 heavy (non-hydrogen) atoms. The molecule has 0 saturated heterocycles. The Morgan fingerprint density at radius 3 is 1.38 bits per heavy atom. The van der Waals surface area contributed by atoms with E-state index in [9.17, 15) is 9.59 Å². The van der Waals surface area contributed by atoms with Gasteiger partial charge in [0.1, 0.15) is 0 Å². The number of carbonyl (C=O) groups excluding carboxylic acids is 2. The van der Waals surface area contributed by atoms with E-state index in [1.165, 1.54) is 13.8 Å². The van der Waals surface area contributed by atoms with Gasteiger partial charge in [0.25, 0.3) is 0 Å². The Labute approximate surface area is 73.9 Å². The fraction of sp³-hybridized carbons (Fsp3) is 0.400. The summed E-state index contributed by atoms with van der Waals surface area (Å²) in [6, 6.07) is 0. The third kappa shape index (κ3) is 9.58. The predicted molar refractivity (Wildman–Crippen MR) is 25.7 cm³/mol. The molecule has 0 aliphatic rings. The van der Waals surface area contributed by atoms with Crippen LogP contribution in [-0.2, 0) is 42.3 Å². The number of Topliss-reactive ketones (excluding diaryl/α,β-unsaturated/α-hetero) is 2. The molecule has 0 heterocycles. The molecule has 0 aliphatic heterocycles. The van der Waals surface area contributed by atoms with Crippen LogP contribution in [0.2, 0.25) is 0 Å². The average molecular weight is 188 g/mol.